The summed E-state index contributed by atoms with van der Waals surface area (Å²) in [7, 11) is 1.59. The van der Waals surface area contributed by atoms with Gasteiger partial charge >= 0.3 is 0 Å². The van der Waals surface area contributed by atoms with E-state index in [2.05, 4.69) is 25.3 Å². The maximum absolute atomic E-state index is 11.6. The lowest BCUT2D eigenvalue weighted by Gasteiger charge is -2.21. The van der Waals surface area contributed by atoms with Crippen LogP contribution in [0.2, 0.25) is 5.28 Å². The molecule has 0 aliphatic rings. The van der Waals surface area contributed by atoms with Gasteiger partial charge in [-0.05, 0) is 18.0 Å². The number of amides is 1. The van der Waals surface area contributed by atoms with Crippen molar-refractivity contribution in [3.8, 4) is 5.95 Å². The molecule has 2 rings (SSSR count). The first kappa shape index (κ1) is 15.2. The molecule has 0 saturated carbocycles. The minimum atomic E-state index is -0.121. The summed E-state index contributed by atoms with van der Waals surface area (Å²) in [6.45, 7) is 2.81. The maximum atomic E-state index is 11.6. The van der Waals surface area contributed by atoms with Crippen LogP contribution in [0.3, 0.4) is 0 Å². The molecular formula is C12H16ClN7O. The number of carbonyl (C=O) groups is 1. The molecule has 2 aromatic rings. The van der Waals surface area contributed by atoms with Crippen molar-refractivity contribution >= 4 is 23.5 Å². The average molecular weight is 310 g/mol. The number of nitrogens with zero attached hydrogens (tertiary/aromatic N) is 6. The van der Waals surface area contributed by atoms with Crippen LogP contribution in [0.15, 0.2) is 18.7 Å². The number of nitrogens with one attached hydrogen (secondary N) is 1. The van der Waals surface area contributed by atoms with Gasteiger partial charge in [-0.3, -0.25) is 9.36 Å². The number of hydrogen-bond acceptors (Lipinski definition) is 6. The predicted molar refractivity (Wildman–Crippen MR) is 78.5 cm³/mol. The number of aromatic nitrogens is 5. The normalized spacial score (nSPS) is 10.4. The van der Waals surface area contributed by atoms with E-state index in [1.54, 1.807) is 35.2 Å². The van der Waals surface area contributed by atoms with E-state index in [1.807, 2.05) is 6.92 Å². The molecule has 2 aromatic heterocycles. The minimum Gasteiger partial charge on any atom is -0.358 e. The standard InChI is InChI=1S/C12H16ClN7O/c1-3-5-19(7-9(21)14-2)11-16-10(13)17-12(18-11)20-6-4-15-8-20/h4,6,8H,3,5,7H2,1-2H3,(H,14,21). The summed E-state index contributed by atoms with van der Waals surface area (Å²) < 4.78 is 1.63. The fraction of sp³-hybridized carbons (Fsp3) is 0.417. The Hall–Kier alpha value is -2.22. The maximum Gasteiger partial charge on any atom is 0.241 e. The Labute approximate surface area is 127 Å². The zero-order valence-corrected chi connectivity index (χ0v) is 12.6. The van der Waals surface area contributed by atoms with E-state index in [4.69, 9.17) is 11.6 Å². The molecule has 0 saturated heterocycles. The Morgan fingerprint density at radius 3 is 2.86 bits per heavy atom. The number of imidazole rings is 1. The van der Waals surface area contributed by atoms with Crippen LogP contribution in [0.5, 0.6) is 0 Å². The summed E-state index contributed by atoms with van der Waals surface area (Å²) in [6, 6.07) is 0. The second kappa shape index (κ2) is 6.98. The lowest BCUT2D eigenvalue weighted by molar-refractivity contribution is -0.119. The van der Waals surface area contributed by atoms with Crippen LogP contribution in [0, 0.1) is 0 Å². The predicted octanol–water partition coefficient (Wildman–Crippen LogP) is 0.673. The fourth-order valence-electron chi connectivity index (χ4n) is 1.74. The second-order valence-electron chi connectivity index (χ2n) is 4.27. The van der Waals surface area contributed by atoms with E-state index in [0.29, 0.717) is 18.4 Å². The molecule has 8 nitrogen and oxygen atoms in total. The van der Waals surface area contributed by atoms with Gasteiger partial charge in [0.2, 0.25) is 23.1 Å². The molecule has 112 valence electrons. The van der Waals surface area contributed by atoms with Crippen molar-refractivity contribution in [2.45, 2.75) is 13.3 Å². The highest BCUT2D eigenvalue weighted by atomic mass is 35.5. The Bertz CT molecular complexity index is 602. The molecule has 2 heterocycles. The Balaban J connectivity index is 2.33. The van der Waals surface area contributed by atoms with Gasteiger partial charge in [0.1, 0.15) is 6.33 Å². The van der Waals surface area contributed by atoms with Gasteiger partial charge in [-0.2, -0.15) is 15.0 Å². The van der Waals surface area contributed by atoms with E-state index < -0.39 is 0 Å². The average Bonchev–Trinajstić information content (AvgIpc) is 3.00. The number of halogens is 1. The van der Waals surface area contributed by atoms with Crippen molar-refractivity contribution in [3.05, 3.63) is 24.0 Å². The van der Waals surface area contributed by atoms with Gasteiger partial charge in [0.25, 0.3) is 0 Å². The summed E-state index contributed by atoms with van der Waals surface area (Å²) in [5, 5.41) is 2.65. The third kappa shape index (κ3) is 3.88. The topological polar surface area (TPSA) is 88.8 Å². The molecule has 0 bridgehead atoms. The monoisotopic (exact) mass is 309 g/mol. The van der Waals surface area contributed by atoms with Crippen LogP contribution in [-0.4, -0.2) is 50.5 Å². The lowest BCUT2D eigenvalue weighted by Crippen LogP contribution is -2.37. The lowest BCUT2D eigenvalue weighted by atomic mass is 10.4. The van der Waals surface area contributed by atoms with Crippen molar-refractivity contribution in [2.24, 2.45) is 0 Å². The van der Waals surface area contributed by atoms with Gasteiger partial charge in [0, 0.05) is 26.0 Å². The molecule has 0 atom stereocenters. The summed E-state index contributed by atoms with van der Waals surface area (Å²) >= 11 is 5.96. The molecular weight excluding hydrogens is 294 g/mol. The molecule has 0 aliphatic heterocycles. The number of likely N-dealkylation sites (N-methyl/N-ethyl adjacent to an activating group) is 1. The van der Waals surface area contributed by atoms with Gasteiger partial charge in [0.05, 0.1) is 6.54 Å². The Kier molecular flexibility index (Phi) is 5.04. The van der Waals surface area contributed by atoms with E-state index >= 15 is 0 Å². The van der Waals surface area contributed by atoms with Gasteiger partial charge in [-0.25, -0.2) is 4.98 Å². The summed E-state index contributed by atoms with van der Waals surface area (Å²) in [5.74, 6) is 0.605. The highest BCUT2D eigenvalue weighted by molar-refractivity contribution is 6.28. The third-order valence-corrected chi connectivity index (χ3v) is 2.88. The molecule has 0 radical (unpaired) electrons. The second-order valence-corrected chi connectivity index (χ2v) is 4.61. The van der Waals surface area contributed by atoms with Crippen molar-refractivity contribution in [3.63, 3.8) is 0 Å². The largest absolute Gasteiger partial charge is 0.358 e. The molecule has 0 fully saturated rings. The molecule has 1 amide bonds. The van der Waals surface area contributed by atoms with Gasteiger partial charge < -0.3 is 10.2 Å². The van der Waals surface area contributed by atoms with E-state index in [0.717, 1.165) is 6.42 Å². The van der Waals surface area contributed by atoms with Crippen LogP contribution in [-0.2, 0) is 4.79 Å². The first-order chi connectivity index (χ1) is 10.1. The highest BCUT2D eigenvalue weighted by Gasteiger charge is 2.15. The number of rotatable bonds is 6. The van der Waals surface area contributed by atoms with Crippen molar-refractivity contribution in [1.29, 1.82) is 0 Å². The zero-order valence-electron chi connectivity index (χ0n) is 11.8. The van der Waals surface area contributed by atoms with Gasteiger partial charge in [-0.1, -0.05) is 6.92 Å². The summed E-state index contributed by atoms with van der Waals surface area (Å²) in [5.41, 5.74) is 0. The van der Waals surface area contributed by atoms with Crippen LogP contribution in [0.1, 0.15) is 13.3 Å². The van der Waals surface area contributed by atoms with E-state index in [9.17, 15) is 4.79 Å². The molecule has 21 heavy (non-hydrogen) atoms. The molecule has 0 unspecified atom stereocenters. The van der Waals surface area contributed by atoms with Gasteiger partial charge in [0.15, 0.2) is 0 Å². The Morgan fingerprint density at radius 2 is 2.24 bits per heavy atom. The minimum absolute atomic E-state index is 0.0710. The molecule has 0 aliphatic carbocycles. The number of carbonyl (C=O) groups excluding carboxylic acids is 1. The van der Waals surface area contributed by atoms with Crippen molar-refractivity contribution in [1.82, 2.24) is 29.8 Å². The molecule has 1 N–H and O–H groups in total. The van der Waals surface area contributed by atoms with Gasteiger partial charge in [-0.15, -0.1) is 0 Å². The van der Waals surface area contributed by atoms with Crippen LogP contribution >= 0.6 is 11.6 Å². The smallest absolute Gasteiger partial charge is 0.241 e. The quantitative estimate of drug-likeness (QED) is 0.844. The SMILES string of the molecule is CCCN(CC(=O)NC)c1nc(Cl)nc(-n2ccnc2)n1. The zero-order chi connectivity index (χ0) is 15.2. The fourth-order valence-corrected chi connectivity index (χ4v) is 1.89. The number of anilines is 1. The van der Waals surface area contributed by atoms with Crippen LogP contribution < -0.4 is 10.2 Å². The van der Waals surface area contributed by atoms with Crippen LogP contribution in [0.25, 0.3) is 5.95 Å². The first-order valence-electron chi connectivity index (χ1n) is 6.49. The molecule has 0 spiro atoms. The molecule has 0 aromatic carbocycles. The first-order valence-corrected chi connectivity index (χ1v) is 6.87. The van der Waals surface area contributed by atoms with Crippen LogP contribution in [0.4, 0.5) is 5.95 Å². The van der Waals surface area contributed by atoms with E-state index in [1.165, 1.54) is 0 Å². The van der Waals surface area contributed by atoms with Crippen molar-refractivity contribution < 1.29 is 4.79 Å². The molecule has 9 heteroatoms. The highest BCUT2D eigenvalue weighted by Crippen LogP contribution is 2.13. The summed E-state index contributed by atoms with van der Waals surface area (Å²) in [4.78, 5) is 29.8. The van der Waals surface area contributed by atoms with E-state index in [-0.39, 0.29) is 17.7 Å². The number of hydrogen-bond donors (Lipinski definition) is 1. The van der Waals surface area contributed by atoms with Crippen molar-refractivity contribution in [2.75, 3.05) is 25.0 Å². The summed E-state index contributed by atoms with van der Waals surface area (Å²) in [6.07, 6.45) is 5.74. The Morgan fingerprint density at radius 1 is 1.43 bits per heavy atom. The third-order valence-electron chi connectivity index (χ3n) is 2.71.